The zero-order valence-corrected chi connectivity index (χ0v) is 19.5. The van der Waals surface area contributed by atoms with Crippen molar-refractivity contribution in [3.63, 3.8) is 0 Å². The summed E-state index contributed by atoms with van der Waals surface area (Å²) in [6.45, 7) is 2.24. The highest BCUT2D eigenvalue weighted by molar-refractivity contribution is 8.00. The fraction of sp³-hybridized carbons (Fsp3) is 0.154. The molecule has 1 aliphatic rings. The number of amides is 2. The molecule has 0 saturated carbocycles. The van der Waals surface area contributed by atoms with Gasteiger partial charge in [0.05, 0.1) is 10.9 Å². The Kier molecular flexibility index (Phi) is 5.87. The molecule has 2 heterocycles. The summed E-state index contributed by atoms with van der Waals surface area (Å²) < 4.78 is 0. The molecule has 2 unspecified atom stereocenters. The summed E-state index contributed by atoms with van der Waals surface area (Å²) in [5, 5.41) is 7.56. The molecule has 0 radical (unpaired) electrons. The van der Waals surface area contributed by atoms with E-state index in [9.17, 15) is 9.59 Å². The van der Waals surface area contributed by atoms with Crippen LogP contribution < -0.4 is 10.6 Å². The van der Waals surface area contributed by atoms with Crippen molar-refractivity contribution in [3.8, 4) is 0 Å². The average molecular weight is 476 g/mol. The molecule has 4 aromatic rings. The number of aromatic amines is 1. The average Bonchev–Trinajstić information content (AvgIpc) is 3.25. The first-order valence-electron chi connectivity index (χ1n) is 10.7. The van der Waals surface area contributed by atoms with Gasteiger partial charge in [-0.25, -0.2) is 0 Å². The Labute approximate surface area is 200 Å². The van der Waals surface area contributed by atoms with E-state index in [1.807, 2.05) is 61.7 Å². The van der Waals surface area contributed by atoms with Crippen LogP contribution in [0.25, 0.3) is 10.9 Å². The summed E-state index contributed by atoms with van der Waals surface area (Å²) in [5.41, 5.74) is 4.23. The lowest BCUT2D eigenvalue weighted by Crippen LogP contribution is -2.30. The molecule has 3 N–H and O–H groups in total. The lowest BCUT2D eigenvalue weighted by molar-refractivity contribution is -0.115. The third-order valence-electron chi connectivity index (χ3n) is 5.92. The third-order valence-corrected chi connectivity index (χ3v) is 7.44. The van der Waals surface area contributed by atoms with E-state index in [0.717, 1.165) is 26.9 Å². The monoisotopic (exact) mass is 475 g/mol. The summed E-state index contributed by atoms with van der Waals surface area (Å²) in [5.74, 6) is -0.386. The first-order valence-corrected chi connectivity index (χ1v) is 12.0. The summed E-state index contributed by atoms with van der Waals surface area (Å²) in [6, 6.07) is 21.2. The van der Waals surface area contributed by atoms with Gasteiger partial charge in [-0.2, -0.15) is 0 Å². The van der Waals surface area contributed by atoms with Crippen LogP contribution in [0.3, 0.4) is 0 Å². The van der Waals surface area contributed by atoms with Crippen LogP contribution >= 0.6 is 23.4 Å². The Hall–Kier alpha value is -3.22. The largest absolute Gasteiger partial charge is 0.361 e. The van der Waals surface area contributed by atoms with Gasteiger partial charge in [-0.15, -0.1) is 11.8 Å². The van der Waals surface area contributed by atoms with E-state index >= 15 is 0 Å². The number of fused-ring (bicyclic) bond motifs is 2. The maximum absolute atomic E-state index is 13.1. The zero-order valence-electron chi connectivity index (χ0n) is 17.9. The predicted octanol–water partition coefficient (Wildman–Crippen LogP) is 5.82. The Morgan fingerprint density at radius 1 is 1.09 bits per heavy atom. The molecule has 33 heavy (non-hydrogen) atoms. The highest BCUT2D eigenvalue weighted by Gasteiger charge is 2.25. The predicted molar refractivity (Wildman–Crippen MR) is 134 cm³/mol. The number of carbonyl (C=O) groups is 2. The molecule has 2 atom stereocenters. The molecular weight excluding hydrogens is 454 g/mol. The minimum Gasteiger partial charge on any atom is -0.361 e. The lowest BCUT2D eigenvalue weighted by atomic mass is 9.90. The number of anilines is 1. The number of hydrogen-bond acceptors (Lipinski definition) is 3. The second-order valence-electron chi connectivity index (χ2n) is 8.03. The molecule has 1 aliphatic heterocycles. The molecule has 3 aromatic carbocycles. The summed E-state index contributed by atoms with van der Waals surface area (Å²) in [7, 11) is 0. The number of benzene rings is 3. The topological polar surface area (TPSA) is 74.0 Å². The van der Waals surface area contributed by atoms with Gasteiger partial charge in [-0.3, -0.25) is 9.59 Å². The van der Waals surface area contributed by atoms with Crippen LogP contribution in [0.1, 0.15) is 34.3 Å². The third kappa shape index (κ3) is 4.24. The van der Waals surface area contributed by atoms with Gasteiger partial charge in [0.1, 0.15) is 0 Å². The number of thioether (sulfide) groups is 1. The van der Waals surface area contributed by atoms with E-state index in [1.54, 1.807) is 12.1 Å². The highest BCUT2D eigenvalue weighted by atomic mass is 35.5. The molecule has 0 bridgehead atoms. The van der Waals surface area contributed by atoms with Gasteiger partial charge < -0.3 is 15.6 Å². The number of carbonyl (C=O) groups excluding carboxylic acids is 2. The van der Waals surface area contributed by atoms with E-state index in [0.29, 0.717) is 22.8 Å². The molecule has 5 rings (SSSR count). The van der Waals surface area contributed by atoms with E-state index < -0.39 is 0 Å². The molecule has 2 amide bonds. The number of H-pyrrole nitrogens is 1. The van der Waals surface area contributed by atoms with Crippen LogP contribution in [0.5, 0.6) is 0 Å². The fourth-order valence-corrected chi connectivity index (χ4v) is 5.37. The van der Waals surface area contributed by atoms with Gasteiger partial charge in [0, 0.05) is 45.0 Å². The van der Waals surface area contributed by atoms with Crippen molar-refractivity contribution in [1.82, 2.24) is 10.3 Å². The van der Waals surface area contributed by atoms with Crippen LogP contribution in [0, 0.1) is 0 Å². The van der Waals surface area contributed by atoms with Gasteiger partial charge in [0.15, 0.2) is 0 Å². The molecule has 1 aromatic heterocycles. The molecule has 0 saturated heterocycles. The molecule has 5 nitrogen and oxygen atoms in total. The van der Waals surface area contributed by atoms with E-state index in [1.165, 1.54) is 11.8 Å². The minimum absolute atomic E-state index is 0.0526. The van der Waals surface area contributed by atoms with Crippen molar-refractivity contribution in [2.24, 2.45) is 0 Å². The fourth-order valence-electron chi connectivity index (χ4n) is 4.17. The van der Waals surface area contributed by atoms with Gasteiger partial charge in [0.25, 0.3) is 5.91 Å². The van der Waals surface area contributed by atoms with Crippen molar-refractivity contribution in [1.29, 1.82) is 0 Å². The summed E-state index contributed by atoms with van der Waals surface area (Å²) >= 11 is 8.05. The number of hydrogen-bond donors (Lipinski definition) is 3. The van der Waals surface area contributed by atoms with Crippen molar-refractivity contribution in [2.75, 3.05) is 11.9 Å². The SMILES string of the molecule is CC1Sc2ccc(C(=O)NCC(c3ccccc3Cl)c3c[nH]c4ccccc34)cc2NC1=O. The van der Waals surface area contributed by atoms with Crippen LogP contribution in [0.4, 0.5) is 5.69 Å². The quantitative estimate of drug-likeness (QED) is 0.340. The number of halogens is 1. The molecule has 7 heteroatoms. The summed E-state index contributed by atoms with van der Waals surface area (Å²) in [4.78, 5) is 29.4. The molecule has 0 spiro atoms. The molecule has 0 fully saturated rings. The number of rotatable bonds is 5. The Morgan fingerprint density at radius 3 is 2.73 bits per heavy atom. The minimum atomic E-state index is -0.201. The van der Waals surface area contributed by atoms with Crippen molar-refractivity contribution in [2.45, 2.75) is 23.0 Å². The molecular formula is C26H22ClN3O2S. The van der Waals surface area contributed by atoms with Crippen LogP contribution in [-0.2, 0) is 4.79 Å². The van der Waals surface area contributed by atoms with Crippen LogP contribution in [0.2, 0.25) is 5.02 Å². The lowest BCUT2D eigenvalue weighted by Gasteiger charge is -2.22. The highest BCUT2D eigenvalue weighted by Crippen LogP contribution is 2.36. The smallest absolute Gasteiger partial charge is 0.251 e. The number of aromatic nitrogens is 1. The van der Waals surface area contributed by atoms with Gasteiger partial charge in [-0.05, 0) is 48.4 Å². The van der Waals surface area contributed by atoms with Gasteiger partial charge in [-0.1, -0.05) is 48.0 Å². The van der Waals surface area contributed by atoms with Crippen molar-refractivity contribution < 1.29 is 9.59 Å². The zero-order chi connectivity index (χ0) is 22.9. The number of nitrogens with one attached hydrogen (secondary N) is 3. The normalized spacial score (nSPS) is 16.2. The Morgan fingerprint density at radius 2 is 1.88 bits per heavy atom. The van der Waals surface area contributed by atoms with E-state index in [2.05, 4.69) is 21.7 Å². The maximum atomic E-state index is 13.1. The summed E-state index contributed by atoms with van der Waals surface area (Å²) in [6.07, 6.45) is 1.98. The standard InChI is InChI=1S/C26H22ClN3O2S/c1-15-25(31)30-23-12-16(10-11-24(23)33-15)26(32)29-14-19(17-6-2-4-8-21(17)27)20-13-28-22-9-5-3-7-18(20)22/h2-13,15,19,28H,14H2,1H3,(H,29,32)(H,30,31). The number of para-hydroxylation sites is 1. The first-order chi connectivity index (χ1) is 16.0. The van der Waals surface area contributed by atoms with Crippen LogP contribution in [-0.4, -0.2) is 28.6 Å². The maximum Gasteiger partial charge on any atom is 0.251 e. The Bertz CT molecular complexity index is 1370. The molecule has 166 valence electrons. The van der Waals surface area contributed by atoms with Crippen molar-refractivity contribution >= 4 is 51.8 Å². The second-order valence-corrected chi connectivity index (χ2v) is 9.82. The Balaban J connectivity index is 1.43. The van der Waals surface area contributed by atoms with Crippen molar-refractivity contribution in [3.05, 3.63) is 94.6 Å². The second kappa shape index (κ2) is 8.96. The van der Waals surface area contributed by atoms with E-state index in [4.69, 9.17) is 11.6 Å². The van der Waals surface area contributed by atoms with Crippen LogP contribution in [0.15, 0.2) is 77.8 Å². The van der Waals surface area contributed by atoms with Gasteiger partial charge in [0.2, 0.25) is 5.91 Å². The molecule has 0 aliphatic carbocycles. The van der Waals surface area contributed by atoms with E-state index in [-0.39, 0.29) is 23.0 Å². The first kappa shape index (κ1) is 21.6. The van der Waals surface area contributed by atoms with Gasteiger partial charge >= 0.3 is 0 Å².